The van der Waals surface area contributed by atoms with Crippen molar-refractivity contribution in [2.45, 2.75) is 43.7 Å². The summed E-state index contributed by atoms with van der Waals surface area (Å²) in [6, 6.07) is 0.460. The lowest BCUT2D eigenvalue weighted by Crippen LogP contribution is -2.68. The molecule has 1 N–H and O–H groups in total. The van der Waals surface area contributed by atoms with Crippen LogP contribution in [-0.2, 0) is 14.3 Å². The van der Waals surface area contributed by atoms with Crippen molar-refractivity contribution in [3.05, 3.63) is 0 Å². The minimum Gasteiger partial charge on any atom is -0.468 e. The zero-order valence-corrected chi connectivity index (χ0v) is 9.25. The van der Waals surface area contributed by atoms with Gasteiger partial charge in [-0.3, -0.25) is 5.32 Å². The van der Waals surface area contributed by atoms with E-state index in [9.17, 15) is 4.79 Å². The van der Waals surface area contributed by atoms with E-state index in [1.165, 1.54) is 39.2 Å². The van der Waals surface area contributed by atoms with Crippen LogP contribution in [-0.4, -0.2) is 37.9 Å². The predicted octanol–water partition coefficient (Wildman–Crippen LogP) is 0.851. The van der Waals surface area contributed by atoms with Crippen molar-refractivity contribution >= 4 is 5.97 Å². The summed E-state index contributed by atoms with van der Waals surface area (Å²) in [5.74, 6) is -0.181. The summed E-state index contributed by atoms with van der Waals surface area (Å²) in [6.07, 6.45) is 6.17. The third-order valence-electron chi connectivity index (χ3n) is 3.36. The van der Waals surface area contributed by atoms with Crippen LogP contribution < -0.4 is 5.32 Å². The molecule has 0 radical (unpaired) electrons. The Hall–Kier alpha value is -0.610. The number of carbonyl (C=O) groups excluding carboxylic acids is 1. The summed E-state index contributed by atoms with van der Waals surface area (Å²) in [7, 11) is 1.44. The smallest absolute Gasteiger partial charge is 0.330 e. The van der Waals surface area contributed by atoms with Gasteiger partial charge in [0.1, 0.15) is 0 Å². The number of hydrogen-bond acceptors (Lipinski definition) is 4. The molecule has 1 saturated carbocycles. The summed E-state index contributed by atoms with van der Waals surface area (Å²) < 4.78 is 9.96. The van der Waals surface area contributed by atoms with Gasteiger partial charge in [-0.25, -0.2) is 4.79 Å². The molecule has 86 valence electrons. The van der Waals surface area contributed by atoms with E-state index in [0.717, 1.165) is 0 Å². The van der Waals surface area contributed by atoms with Crippen molar-refractivity contribution in [3.63, 3.8) is 0 Å². The molecular formula is C11H19NO3. The quantitative estimate of drug-likeness (QED) is 0.706. The predicted molar refractivity (Wildman–Crippen MR) is 55.6 cm³/mol. The highest BCUT2D eigenvalue weighted by Crippen LogP contribution is 2.24. The van der Waals surface area contributed by atoms with Crippen LogP contribution in [0.4, 0.5) is 0 Å². The minimum atomic E-state index is -0.545. The zero-order valence-electron chi connectivity index (χ0n) is 9.25. The molecule has 1 heterocycles. The van der Waals surface area contributed by atoms with Gasteiger partial charge in [0, 0.05) is 6.04 Å². The molecule has 15 heavy (non-hydrogen) atoms. The van der Waals surface area contributed by atoms with Gasteiger partial charge in [-0.2, -0.15) is 0 Å². The summed E-state index contributed by atoms with van der Waals surface area (Å²) in [6.45, 7) is 0.909. The van der Waals surface area contributed by atoms with Crippen LogP contribution in [0.5, 0.6) is 0 Å². The molecule has 2 fully saturated rings. The number of methoxy groups -OCH3 is 1. The molecular weight excluding hydrogens is 194 g/mol. The first kappa shape index (κ1) is 10.9. The Morgan fingerprint density at radius 3 is 2.47 bits per heavy atom. The summed E-state index contributed by atoms with van der Waals surface area (Å²) in [4.78, 5) is 11.6. The van der Waals surface area contributed by atoms with E-state index in [-0.39, 0.29) is 5.97 Å². The number of nitrogens with one attached hydrogen (secondary N) is 1. The number of ether oxygens (including phenoxy) is 2. The molecule has 1 saturated heterocycles. The normalized spacial score (nSPS) is 25.7. The lowest BCUT2D eigenvalue weighted by molar-refractivity contribution is -0.171. The fraction of sp³-hybridized carbons (Fsp3) is 0.909. The molecule has 4 nitrogen and oxygen atoms in total. The van der Waals surface area contributed by atoms with Crippen LogP contribution in [0, 0.1) is 0 Å². The van der Waals surface area contributed by atoms with E-state index < -0.39 is 5.54 Å². The van der Waals surface area contributed by atoms with Crippen molar-refractivity contribution in [1.29, 1.82) is 0 Å². The number of rotatable bonds is 3. The highest BCUT2D eigenvalue weighted by Gasteiger charge is 2.48. The summed E-state index contributed by atoms with van der Waals surface area (Å²) in [5, 5.41) is 3.42. The van der Waals surface area contributed by atoms with Crippen LogP contribution >= 0.6 is 0 Å². The average molecular weight is 213 g/mol. The van der Waals surface area contributed by atoms with E-state index in [2.05, 4.69) is 5.32 Å². The molecule has 0 amide bonds. The Bertz CT molecular complexity index is 232. The van der Waals surface area contributed by atoms with Gasteiger partial charge in [0.25, 0.3) is 0 Å². The monoisotopic (exact) mass is 213 g/mol. The summed E-state index contributed by atoms with van der Waals surface area (Å²) >= 11 is 0. The third-order valence-corrected chi connectivity index (χ3v) is 3.36. The van der Waals surface area contributed by atoms with Gasteiger partial charge in [0.15, 0.2) is 5.54 Å². The maximum atomic E-state index is 11.6. The minimum absolute atomic E-state index is 0.181. The van der Waals surface area contributed by atoms with Crippen molar-refractivity contribution in [2.75, 3.05) is 20.3 Å². The van der Waals surface area contributed by atoms with E-state index in [1.807, 2.05) is 0 Å². The Morgan fingerprint density at radius 1 is 1.33 bits per heavy atom. The van der Waals surface area contributed by atoms with Crippen molar-refractivity contribution < 1.29 is 14.3 Å². The van der Waals surface area contributed by atoms with E-state index in [4.69, 9.17) is 9.47 Å². The van der Waals surface area contributed by atoms with Gasteiger partial charge in [-0.1, -0.05) is 19.3 Å². The summed E-state index contributed by atoms with van der Waals surface area (Å²) in [5.41, 5.74) is -0.545. The Kier molecular flexibility index (Phi) is 3.26. The van der Waals surface area contributed by atoms with Crippen LogP contribution in [0.1, 0.15) is 32.1 Å². The van der Waals surface area contributed by atoms with Gasteiger partial charge < -0.3 is 9.47 Å². The van der Waals surface area contributed by atoms with Crippen molar-refractivity contribution in [1.82, 2.24) is 5.32 Å². The maximum absolute atomic E-state index is 11.6. The van der Waals surface area contributed by atoms with E-state index in [1.54, 1.807) is 0 Å². The molecule has 1 aliphatic heterocycles. The van der Waals surface area contributed by atoms with Crippen molar-refractivity contribution in [2.24, 2.45) is 0 Å². The molecule has 0 spiro atoms. The topological polar surface area (TPSA) is 47.6 Å². The Morgan fingerprint density at radius 2 is 2.00 bits per heavy atom. The third kappa shape index (κ3) is 2.16. The zero-order chi connectivity index (χ0) is 10.7. The molecule has 1 aliphatic carbocycles. The molecule has 0 bridgehead atoms. The Labute approximate surface area is 90.3 Å². The van der Waals surface area contributed by atoms with Gasteiger partial charge in [-0.05, 0) is 12.8 Å². The van der Waals surface area contributed by atoms with Gasteiger partial charge >= 0.3 is 5.97 Å². The van der Waals surface area contributed by atoms with Gasteiger partial charge in [0.2, 0.25) is 0 Å². The van der Waals surface area contributed by atoms with E-state index in [0.29, 0.717) is 19.3 Å². The number of esters is 1. The lowest BCUT2D eigenvalue weighted by Gasteiger charge is -2.42. The first-order valence-corrected chi connectivity index (χ1v) is 5.71. The van der Waals surface area contributed by atoms with E-state index >= 15 is 0 Å². The average Bonchev–Trinajstić information content (AvgIpc) is 2.24. The second-order valence-corrected chi connectivity index (χ2v) is 4.55. The highest BCUT2D eigenvalue weighted by atomic mass is 16.5. The molecule has 0 unspecified atom stereocenters. The SMILES string of the molecule is COC(=O)C1(NC2CCCCC2)COC1. The van der Waals surface area contributed by atoms with Crippen molar-refractivity contribution in [3.8, 4) is 0 Å². The standard InChI is InChI=1S/C11H19NO3/c1-14-10(13)11(7-15-8-11)12-9-5-3-2-4-6-9/h9,12H,2-8H2,1H3. The van der Waals surface area contributed by atoms with Crippen LogP contribution in [0.2, 0.25) is 0 Å². The molecule has 4 heteroatoms. The second-order valence-electron chi connectivity index (χ2n) is 4.55. The molecule has 0 aromatic carbocycles. The molecule has 0 aromatic rings. The molecule has 2 rings (SSSR count). The second kappa shape index (κ2) is 4.49. The van der Waals surface area contributed by atoms with Crippen LogP contribution in [0.15, 0.2) is 0 Å². The van der Waals surface area contributed by atoms with Gasteiger partial charge in [-0.15, -0.1) is 0 Å². The largest absolute Gasteiger partial charge is 0.468 e. The highest BCUT2D eigenvalue weighted by molar-refractivity contribution is 5.82. The maximum Gasteiger partial charge on any atom is 0.330 e. The molecule has 0 aromatic heterocycles. The number of hydrogen-bond donors (Lipinski definition) is 1. The van der Waals surface area contributed by atoms with Gasteiger partial charge in [0.05, 0.1) is 20.3 Å². The first-order valence-electron chi connectivity index (χ1n) is 5.71. The van der Waals surface area contributed by atoms with Crippen LogP contribution in [0.3, 0.4) is 0 Å². The lowest BCUT2D eigenvalue weighted by atomic mass is 9.90. The fourth-order valence-electron chi connectivity index (χ4n) is 2.40. The fourth-order valence-corrected chi connectivity index (χ4v) is 2.40. The Balaban J connectivity index is 1.92. The number of carbonyl (C=O) groups is 1. The first-order chi connectivity index (χ1) is 7.27. The molecule has 0 atom stereocenters. The molecule has 2 aliphatic rings. The van der Waals surface area contributed by atoms with Crippen LogP contribution in [0.25, 0.3) is 0 Å².